The summed E-state index contributed by atoms with van der Waals surface area (Å²) in [6.45, 7) is 0. The van der Waals surface area contributed by atoms with Gasteiger partial charge in [0.1, 0.15) is 0 Å². The van der Waals surface area contributed by atoms with Crippen molar-refractivity contribution in [2.24, 2.45) is 0 Å². The van der Waals surface area contributed by atoms with E-state index in [-0.39, 0.29) is 0 Å². The van der Waals surface area contributed by atoms with E-state index < -0.39 is 0 Å². The molecule has 0 aliphatic carbocycles. The van der Waals surface area contributed by atoms with Crippen LogP contribution in [-0.2, 0) is 6.42 Å². The van der Waals surface area contributed by atoms with Crippen LogP contribution in [0.15, 0.2) is 23.8 Å². The first-order valence-corrected chi connectivity index (χ1v) is 6.10. The van der Waals surface area contributed by atoms with Gasteiger partial charge in [0.15, 0.2) is 0 Å². The van der Waals surface area contributed by atoms with Crippen LogP contribution in [0.4, 0.5) is 0 Å². The Morgan fingerprint density at radius 1 is 1.50 bits per heavy atom. The Kier molecular flexibility index (Phi) is 3.26. The van der Waals surface area contributed by atoms with Crippen molar-refractivity contribution in [3.63, 3.8) is 0 Å². The van der Waals surface area contributed by atoms with Crippen molar-refractivity contribution in [3.8, 4) is 11.3 Å². The predicted molar refractivity (Wildman–Crippen MR) is 64.1 cm³/mol. The zero-order valence-corrected chi connectivity index (χ0v) is 9.44. The molecule has 0 bridgehead atoms. The zero-order chi connectivity index (χ0) is 9.80. The van der Waals surface area contributed by atoms with Crippen molar-refractivity contribution in [1.82, 2.24) is 9.97 Å². The second-order valence-corrected chi connectivity index (χ2v) is 4.44. The molecule has 0 amide bonds. The van der Waals surface area contributed by atoms with Gasteiger partial charge in [-0.1, -0.05) is 0 Å². The van der Waals surface area contributed by atoms with Crippen molar-refractivity contribution < 1.29 is 0 Å². The van der Waals surface area contributed by atoms with E-state index in [9.17, 15) is 0 Å². The molecule has 0 spiro atoms. The largest absolute Gasteiger partial charge is 0.367 e. The molecule has 74 valence electrons. The molecule has 0 unspecified atom stereocenters. The maximum atomic E-state index is 4.55. The third-order valence-corrected chi connectivity index (χ3v) is 3.22. The number of nitrogens with one attached hydrogen (secondary N) is 1. The quantitative estimate of drug-likeness (QED) is 0.768. The molecule has 2 heterocycles. The summed E-state index contributed by atoms with van der Waals surface area (Å²) in [6, 6.07) is 2.04. The van der Waals surface area contributed by atoms with Crippen LogP contribution in [-0.4, -0.2) is 15.7 Å². The first-order valence-electron chi connectivity index (χ1n) is 4.58. The third kappa shape index (κ3) is 2.19. The van der Waals surface area contributed by atoms with E-state index in [4.69, 9.17) is 0 Å². The molecule has 0 radical (unpaired) electrons. The molecule has 0 fully saturated rings. The normalized spacial score (nSPS) is 10.6. The Morgan fingerprint density at radius 2 is 2.43 bits per heavy atom. The van der Waals surface area contributed by atoms with Gasteiger partial charge in [-0.15, -0.1) is 11.3 Å². The number of thiazole rings is 1. The maximum Gasteiger partial charge on any atom is 0.0932 e. The van der Waals surface area contributed by atoms with Gasteiger partial charge in [-0.25, -0.2) is 4.98 Å². The van der Waals surface area contributed by atoms with E-state index >= 15 is 0 Å². The van der Waals surface area contributed by atoms with Gasteiger partial charge in [0.05, 0.1) is 10.7 Å². The Bertz CT molecular complexity index is 378. The lowest BCUT2D eigenvalue weighted by molar-refractivity contribution is 0.923. The van der Waals surface area contributed by atoms with Gasteiger partial charge in [0.25, 0.3) is 0 Å². The number of aromatic amines is 1. The number of rotatable bonds is 4. The van der Waals surface area contributed by atoms with Gasteiger partial charge >= 0.3 is 0 Å². The average molecular weight is 224 g/mol. The summed E-state index contributed by atoms with van der Waals surface area (Å²) in [7, 11) is 0. The highest BCUT2D eigenvalue weighted by atomic mass is 32.1. The van der Waals surface area contributed by atoms with Gasteiger partial charge in [0, 0.05) is 29.8 Å². The number of hydrogen-bond acceptors (Lipinski definition) is 3. The van der Waals surface area contributed by atoms with Crippen LogP contribution >= 0.6 is 24.0 Å². The number of thiol groups is 1. The van der Waals surface area contributed by atoms with E-state index in [0.717, 1.165) is 24.3 Å². The first-order chi connectivity index (χ1) is 6.90. The van der Waals surface area contributed by atoms with E-state index in [1.54, 1.807) is 11.3 Å². The van der Waals surface area contributed by atoms with Crippen molar-refractivity contribution >= 4 is 24.0 Å². The van der Waals surface area contributed by atoms with Gasteiger partial charge in [-0.3, -0.25) is 0 Å². The molecule has 2 nitrogen and oxygen atoms in total. The molecule has 0 saturated heterocycles. The van der Waals surface area contributed by atoms with Gasteiger partial charge in [-0.2, -0.15) is 12.6 Å². The lowest BCUT2D eigenvalue weighted by Gasteiger charge is -1.91. The molecule has 0 aromatic carbocycles. The third-order valence-electron chi connectivity index (χ3n) is 1.99. The van der Waals surface area contributed by atoms with E-state index in [1.807, 2.05) is 18.5 Å². The minimum absolute atomic E-state index is 0.930. The molecule has 2 aromatic heterocycles. The molecule has 4 heteroatoms. The highest BCUT2D eigenvalue weighted by Gasteiger charge is 2.03. The van der Waals surface area contributed by atoms with Crippen LogP contribution in [0.3, 0.4) is 0 Å². The monoisotopic (exact) mass is 224 g/mol. The van der Waals surface area contributed by atoms with Gasteiger partial charge < -0.3 is 4.98 Å². The van der Waals surface area contributed by atoms with Crippen molar-refractivity contribution in [1.29, 1.82) is 0 Å². The number of nitrogens with zero attached hydrogens (tertiary/aromatic N) is 1. The Morgan fingerprint density at radius 3 is 3.14 bits per heavy atom. The van der Waals surface area contributed by atoms with Crippen molar-refractivity contribution in [2.75, 3.05) is 5.75 Å². The van der Waals surface area contributed by atoms with Crippen LogP contribution < -0.4 is 0 Å². The second kappa shape index (κ2) is 4.66. The maximum absolute atomic E-state index is 4.55. The predicted octanol–water partition coefficient (Wildman–Crippen LogP) is 3.00. The van der Waals surface area contributed by atoms with Crippen LogP contribution in [0.1, 0.15) is 11.4 Å². The first kappa shape index (κ1) is 9.80. The topological polar surface area (TPSA) is 28.7 Å². The second-order valence-electron chi connectivity index (χ2n) is 3.05. The number of hydrogen-bond donors (Lipinski definition) is 2. The highest BCUT2D eigenvalue weighted by molar-refractivity contribution is 7.80. The molecule has 1 N–H and O–H groups in total. The molecular formula is C10H12N2S2. The van der Waals surface area contributed by atoms with E-state index in [1.165, 1.54) is 10.6 Å². The zero-order valence-electron chi connectivity index (χ0n) is 7.73. The fourth-order valence-corrected chi connectivity index (χ4v) is 2.28. The molecule has 2 rings (SSSR count). The van der Waals surface area contributed by atoms with Crippen LogP contribution in [0, 0.1) is 0 Å². The van der Waals surface area contributed by atoms with E-state index in [0.29, 0.717) is 0 Å². The SMILES string of the molecule is SCCCc1nc(-c2cc[nH]c2)cs1. The summed E-state index contributed by atoms with van der Waals surface area (Å²) in [4.78, 5) is 7.59. The number of H-pyrrole nitrogens is 1. The van der Waals surface area contributed by atoms with Gasteiger partial charge in [-0.05, 0) is 18.2 Å². The Labute approximate surface area is 92.8 Å². The molecule has 0 aliphatic rings. The minimum Gasteiger partial charge on any atom is -0.367 e. The molecule has 2 aromatic rings. The van der Waals surface area contributed by atoms with Crippen molar-refractivity contribution in [3.05, 3.63) is 28.8 Å². The standard InChI is InChI=1S/C10H12N2S2/c13-5-1-2-10-12-9(7-14-10)8-3-4-11-6-8/h3-4,6-7,11,13H,1-2,5H2. The molecular weight excluding hydrogens is 212 g/mol. The average Bonchev–Trinajstić information content (AvgIpc) is 2.85. The molecule has 0 saturated carbocycles. The summed E-state index contributed by atoms with van der Waals surface area (Å²) < 4.78 is 0. The van der Waals surface area contributed by atoms with Crippen LogP contribution in [0.25, 0.3) is 11.3 Å². The van der Waals surface area contributed by atoms with E-state index in [2.05, 4.69) is 28.0 Å². The minimum atomic E-state index is 0.930. The highest BCUT2D eigenvalue weighted by Crippen LogP contribution is 2.21. The summed E-state index contributed by atoms with van der Waals surface area (Å²) in [5, 5.41) is 3.31. The number of aryl methyl sites for hydroxylation is 1. The van der Waals surface area contributed by atoms with Crippen LogP contribution in [0.5, 0.6) is 0 Å². The lowest BCUT2D eigenvalue weighted by Crippen LogP contribution is -1.84. The fraction of sp³-hybridized carbons (Fsp3) is 0.300. The Hall–Kier alpha value is -0.740. The summed E-state index contributed by atoms with van der Waals surface area (Å²) >= 11 is 5.92. The molecule has 0 atom stereocenters. The van der Waals surface area contributed by atoms with Crippen LogP contribution in [0.2, 0.25) is 0 Å². The Balaban J connectivity index is 2.10. The van der Waals surface area contributed by atoms with Crippen molar-refractivity contribution in [2.45, 2.75) is 12.8 Å². The fourth-order valence-electron chi connectivity index (χ4n) is 1.27. The number of aromatic nitrogens is 2. The summed E-state index contributed by atoms with van der Waals surface area (Å²) in [6.07, 6.45) is 6.03. The molecule has 14 heavy (non-hydrogen) atoms. The summed E-state index contributed by atoms with van der Waals surface area (Å²) in [5.74, 6) is 0.930. The smallest absolute Gasteiger partial charge is 0.0932 e. The summed E-state index contributed by atoms with van der Waals surface area (Å²) in [5.41, 5.74) is 2.24. The lowest BCUT2D eigenvalue weighted by atomic mass is 10.3. The molecule has 0 aliphatic heterocycles. The van der Waals surface area contributed by atoms with Gasteiger partial charge in [0.2, 0.25) is 0 Å².